The van der Waals surface area contributed by atoms with Crippen molar-refractivity contribution in [2.75, 3.05) is 18.1 Å². The van der Waals surface area contributed by atoms with Crippen molar-refractivity contribution in [1.82, 2.24) is 10.1 Å². The summed E-state index contributed by atoms with van der Waals surface area (Å²) in [6.07, 6.45) is 3.69. The molecule has 0 aliphatic carbocycles. The summed E-state index contributed by atoms with van der Waals surface area (Å²) in [5.41, 5.74) is 0.894. The van der Waals surface area contributed by atoms with E-state index in [1.165, 1.54) is 18.2 Å². The number of carboxylic acids is 1. The van der Waals surface area contributed by atoms with E-state index in [1.54, 1.807) is 12.1 Å². The maximum Gasteiger partial charge on any atom is 0.338 e. The number of anilines is 1. The van der Waals surface area contributed by atoms with Gasteiger partial charge in [-0.15, -0.1) is 11.8 Å². The highest BCUT2D eigenvalue weighted by molar-refractivity contribution is 7.98. The van der Waals surface area contributed by atoms with Crippen molar-refractivity contribution in [3.05, 3.63) is 36.0 Å². The first-order valence-electron chi connectivity index (χ1n) is 5.61. The Kier molecular flexibility index (Phi) is 4.40. The van der Waals surface area contributed by atoms with Crippen molar-refractivity contribution >= 4 is 23.4 Å². The fraction of sp³-hybridized carbons (Fsp3) is 0.250. The van der Waals surface area contributed by atoms with Crippen LogP contribution in [0.15, 0.2) is 34.0 Å². The number of hydrogen-bond donors (Lipinski definition) is 2. The molecule has 0 aliphatic heterocycles. The fourth-order valence-corrected chi connectivity index (χ4v) is 2.30. The minimum atomic E-state index is -0.938. The van der Waals surface area contributed by atoms with Crippen molar-refractivity contribution in [2.45, 2.75) is 11.3 Å². The van der Waals surface area contributed by atoms with Crippen LogP contribution in [0.25, 0.3) is 0 Å². The molecule has 0 aliphatic rings. The predicted octanol–water partition coefficient (Wildman–Crippen LogP) is 2.14. The summed E-state index contributed by atoms with van der Waals surface area (Å²) in [6.45, 7) is 0.539. The Labute approximate surface area is 114 Å². The molecule has 0 atom stereocenters. The maximum absolute atomic E-state index is 11.3. The lowest BCUT2D eigenvalue weighted by atomic mass is 10.1. The molecule has 2 aromatic rings. The Balaban J connectivity index is 2.09. The van der Waals surface area contributed by atoms with Gasteiger partial charge in [-0.25, -0.2) is 4.79 Å². The second kappa shape index (κ2) is 6.24. The molecule has 0 unspecified atom stereocenters. The Bertz CT molecular complexity index is 557. The molecule has 1 aromatic heterocycles. The first-order chi connectivity index (χ1) is 9.22. The summed E-state index contributed by atoms with van der Waals surface area (Å²) >= 11 is 1.41. The molecule has 0 saturated heterocycles. The van der Waals surface area contributed by atoms with Gasteiger partial charge in [0.2, 0.25) is 6.39 Å². The average molecular weight is 279 g/mol. The van der Waals surface area contributed by atoms with Crippen molar-refractivity contribution in [2.24, 2.45) is 0 Å². The van der Waals surface area contributed by atoms with E-state index in [0.29, 0.717) is 30.0 Å². The third kappa shape index (κ3) is 3.25. The zero-order valence-electron chi connectivity index (χ0n) is 10.3. The van der Waals surface area contributed by atoms with E-state index < -0.39 is 5.97 Å². The van der Waals surface area contributed by atoms with Gasteiger partial charge in [-0.1, -0.05) is 11.2 Å². The third-order valence-electron chi connectivity index (χ3n) is 2.53. The molecule has 0 bridgehead atoms. The van der Waals surface area contributed by atoms with Crippen LogP contribution in [0.2, 0.25) is 0 Å². The molecule has 1 heterocycles. The summed E-state index contributed by atoms with van der Waals surface area (Å²) in [4.78, 5) is 15.9. The molecule has 0 amide bonds. The van der Waals surface area contributed by atoms with Gasteiger partial charge in [-0.2, -0.15) is 4.98 Å². The number of rotatable bonds is 6. The van der Waals surface area contributed by atoms with Gasteiger partial charge in [0.1, 0.15) is 0 Å². The molecule has 0 radical (unpaired) electrons. The Hall–Kier alpha value is -2.02. The molecule has 2 rings (SSSR count). The number of aromatic nitrogens is 2. The highest BCUT2D eigenvalue weighted by atomic mass is 32.2. The summed E-state index contributed by atoms with van der Waals surface area (Å²) in [5, 5.41) is 16.1. The molecular weight excluding hydrogens is 266 g/mol. The van der Waals surface area contributed by atoms with E-state index in [2.05, 4.69) is 20.0 Å². The van der Waals surface area contributed by atoms with Gasteiger partial charge in [0.05, 0.1) is 5.56 Å². The highest BCUT2D eigenvalue weighted by Crippen LogP contribution is 2.27. The molecule has 2 N–H and O–H groups in total. The molecule has 0 saturated carbocycles. The lowest BCUT2D eigenvalue weighted by Crippen LogP contribution is -2.11. The molecule has 19 heavy (non-hydrogen) atoms. The number of carbonyl (C=O) groups is 1. The third-order valence-corrected chi connectivity index (χ3v) is 3.31. The predicted molar refractivity (Wildman–Crippen MR) is 71.7 cm³/mol. The minimum Gasteiger partial charge on any atom is -0.478 e. The molecule has 6 nitrogen and oxygen atoms in total. The summed E-state index contributed by atoms with van der Waals surface area (Å²) < 4.78 is 4.63. The Morgan fingerprint density at radius 3 is 3.00 bits per heavy atom. The van der Waals surface area contributed by atoms with Gasteiger partial charge >= 0.3 is 5.97 Å². The van der Waals surface area contributed by atoms with Gasteiger partial charge < -0.3 is 14.9 Å². The molecule has 0 spiro atoms. The van der Waals surface area contributed by atoms with Crippen molar-refractivity contribution in [1.29, 1.82) is 0 Å². The van der Waals surface area contributed by atoms with Crippen LogP contribution in [0, 0.1) is 0 Å². The van der Waals surface area contributed by atoms with Crippen LogP contribution >= 0.6 is 11.8 Å². The molecule has 7 heteroatoms. The van der Waals surface area contributed by atoms with Gasteiger partial charge in [-0.05, 0) is 18.4 Å². The van der Waals surface area contributed by atoms with E-state index in [-0.39, 0.29) is 0 Å². The molecule has 100 valence electrons. The van der Waals surface area contributed by atoms with Gasteiger partial charge in [0.15, 0.2) is 5.82 Å². The van der Waals surface area contributed by atoms with Crippen molar-refractivity contribution in [3.63, 3.8) is 0 Å². The monoisotopic (exact) mass is 279 g/mol. The van der Waals surface area contributed by atoms with E-state index in [9.17, 15) is 9.90 Å². The summed E-state index contributed by atoms with van der Waals surface area (Å²) in [7, 11) is 0. The standard InChI is InChI=1S/C12H13N3O3S/c1-19-9-4-2-3-8(11(9)12(16)17)13-6-5-10-14-7-18-15-10/h2-4,7,13H,5-6H2,1H3,(H,16,17). The summed E-state index contributed by atoms with van der Waals surface area (Å²) in [5.74, 6) is -0.350. The van der Waals surface area contributed by atoms with Crippen LogP contribution in [-0.4, -0.2) is 34.0 Å². The molecule has 1 aromatic carbocycles. The lowest BCUT2D eigenvalue weighted by molar-refractivity contribution is 0.0694. The van der Waals surface area contributed by atoms with Crippen molar-refractivity contribution in [3.8, 4) is 0 Å². The van der Waals surface area contributed by atoms with Crippen LogP contribution in [0.4, 0.5) is 5.69 Å². The number of nitrogens with one attached hydrogen (secondary N) is 1. The first kappa shape index (κ1) is 13.4. The van der Waals surface area contributed by atoms with Gasteiger partial charge in [0.25, 0.3) is 0 Å². The normalized spacial score (nSPS) is 10.4. The largest absolute Gasteiger partial charge is 0.478 e. The quantitative estimate of drug-likeness (QED) is 0.783. The SMILES string of the molecule is CSc1cccc(NCCc2ncon2)c1C(=O)O. The highest BCUT2D eigenvalue weighted by Gasteiger charge is 2.14. The Morgan fingerprint density at radius 1 is 1.53 bits per heavy atom. The van der Waals surface area contributed by atoms with Crippen molar-refractivity contribution < 1.29 is 14.4 Å². The smallest absolute Gasteiger partial charge is 0.338 e. The zero-order chi connectivity index (χ0) is 13.7. The molecular formula is C12H13N3O3S. The number of carboxylic acid groups (broad SMARTS) is 1. The van der Waals surface area contributed by atoms with E-state index in [0.717, 1.165) is 4.90 Å². The zero-order valence-corrected chi connectivity index (χ0v) is 11.1. The van der Waals surface area contributed by atoms with E-state index >= 15 is 0 Å². The number of benzene rings is 1. The second-order valence-corrected chi connectivity index (χ2v) is 4.56. The van der Waals surface area contributed by atoms with Crippen LogP contribution in [0.1, 0.15) is 16.2 Å². The Morgan fingerprint density at radius 2 is 2.37 bits per heavy atom. The second-order valence-electron chi connectivity index (χ2n) is 3.71. The van der Waals surface area contributed by atoms with Crippen LogP contribution < -0.4 is 5.32 Å². The fourth-order valence-electron chi connectivity index (χ4n) is 1.68. The first-order valence-corrected chi connectivity index (χ1v) is 6.84. The average Bonchev–Trinajstić information content (AvgIpc) is 2.91. The van der Waals surface area contributed by atoms with Gasteiger partial charge in [0, 0.05) is 23.5 Å². The molecule has 0 fully saturated rings. The lowest BCUT2D eigenvalue weighted by Gasteiger charge is -2.11. The van der Waals surface area contributed by atoms with E-state index in [1.807, 2.05) is 12.3 Å². The van der Waals surface area contributed by atoms with Crippen LogP contribution in [-0.2, 0) is 6.42 Å². The minimum absolute atomic E-state index is 0.295. The summed E-state index contributed by atoms with van der Waals surface area (Å²) in [6, 6.07) is 5.37. The number of thioether (sulfide) groups is 1. The van der Waals surface area contributed by atoms with E-state index in [4.69, 9.17) is 0 Å². The number of hydrogen-bond acceptors (Lipinski definition) is 6. The number of nitrogens with zero attached hydrogens (tertiary/aromatic N) is 2. The topological polar surface area (TPSA) is 88.3 Å². The maximum atomic E-state index is 11.3. The van der Waals surface area contributed by atoms with Crippen LogP contribution in [0.3, 0.4) is 0 Å². The van der Waals surface area contributed by atoms with Crippen LogP contribution in [0.5, 0.6) is 0 Å². The van der Waals surface area contributed by atoms with Gasteiger partial charge in [-0.3, -0.25) is 0 Å². The number of aromatic carboxylic acids is 1.